The molecule has 1 saturated heterocycles. The van der Waals surface area contributed by atoms with Gasteiger partial charge in [-0.05, 0) is 44.2 Å². The minimum absolute atomic E-state index is 0.153. The van der Waals surface area contributed by atoms with E-state index >= 15 is 0 Å². The molecule has 6 heteroatoms. The number of nitrogens with one attached hydrogen (secondary N) is 2. The molecule has 0 aromatic rings. The van der Waals surface area contributed by atoms with Crippen molar-refractivity contribution in [3.8, 4) is 0 Å². The molecule has 0 aromatic heterocycles. The number of hydrogen-bond acceptors (Lipinski definition) is 3. The van der Waals surface area contributed by atoms with Crippen molar-refractivity contribution in [2.24, 2.45) is 5.41 Å². The number of rotatable bonds is 6. The van der Waals surface area contributed by atoms with Gasteiger partial charge in [-0.3, -0.25) is 4.79 Å². The number of piperidine rings is 1. The maximum absolute atomic E-state index is 12.0. The van der Waals surface area contributed by atoms with Gasteiger partial charge in [-0.25, -0.2) is 4.79 Å². The number of aliphatic carboxylic acids is 1. The Kier molecular flexibility index (Phi) is 5.45. The highest BCUT2D eigenvalue weighted by Gasteiger charge is 2.39. The van der Waals surface area contributed by atoms with Gasteiger partial charge in [0.05, 0.1) is 6.42 Å². The average molecular weight is 297 g/mol. The number of likely N-dealkylation sites (tertiary alicyclic amines) is 1. The molecule has 1 aliphatic heterocycles. The summed E-state index contributed by atoms with van der Waals surface area (Å²) in [5.41, 5.74) is -0.217. The Labute approximate surface area is 126 Å². The Morgan fingerprint density at radius 2 is 2.10 bits per heavy atom. The van der Waals surface area contributed by atoms with Crippen LogP contribution in [0.5, 0.6) is 0 Å². The van der Waals surface area contributed by atoms with Crippen LogP contribution >= 0.6 is 0 Å². The first-order valence-corrected chi connectivity index (χ1v) is 8.01. The first kappa shape index (κ1) is 16.1. The predicted molar refractivity (Wildman–Crippen MR) is 80.2 cm³/mol. The number of carboxylic acid groups (broad SMARTS) is 1. The minimum atomic E-state index is -0.775. The Morgan fingerprint density at radius 1 is 1.33 bits per heavy atom. The molecule has 0 spiro atoms. The molecule has 0 bridgehead atoms. The van der Waals surface area contributed by atoms with E-state index in [1.807, 2.05) is 0 Å². The van der Waals surface area contributed by atoms with Crippen molar-refractivity contribution in [3.05, 3.63) is 0 Å². The highest BCUT2D eigenvalue weighted by Crippen LogP contribution is 2.43. The van der Waals surface area contributed by atoms with Crippen LogP contribution in [0.2, 0.25) is 0 Å². The van der Waals surface area contributed by atoms with Crippen molar-refractivity contribution >= 4 is 12.0 Å². The first-order valence-electron chi connectivity index (χ1n) is 8.01. The van der Waals surface area contributed by atoms with Crippen molar-refractivity contribution in [3.63, 3.8) is 0 Å². The fourth-order valence-corrected chi connectivity index (χ4v) is 3.38. The van der Waals surface area contributed by atoms with E-state index in [4.69, 9.17) is 5.11 Å². The zero-order valence-electron chi connectivity index (χ0n) is 12.9. The van der Waals surface area contributed by atoms with Gasteiger partial charge in [0.2, 0.25) is 0 Å². The van der Waals surface area contributed by atoms with Crippen LogP contribution in [-0.2, 0) is 4.79 Å². The van der Waals surface area contributed by atoms with Crippen molar-refractivity contribution < 1.29 is 14.7 Å². The number of hydrogen-bond donors (Lipinski definition) is 3. The summed E-state index contributed by atoms with van der Waals surface area (Å²) in [7, 11) is 0. The summed E-state index contributed by atoms with van der Waals surface area (Å²) >= 11 is 0. The molecule has 6 nitrogen and oxygen atoms in total. The zero-order valence-corrected chi connectivity index (χ0v) is 12.9. The van der Waals surface area contributed by atoms with E-state index < -0.39 is 5.97 Å². The minimum Gasteiger partial charge on any atom is -0.481 e. The third kappa shape index (κ3) is 4.59. The van der Waals surface area contributed by atoms with Gasteiger partial charge in [0.15, 0.2) is 0 Å². The SMILES string of the molecule is CCN1CCCC(NC(=O)NCC2(CC(=O)O)CCC2)C1. The van der Waals surface area contributed by atoms with Crippen LogP contribution < -0.4 is 10.6 Å². The Balaban J connectivity index is 1.73. The predicted octanol–water partition coefficient (Wildman–Crippen LogP) is 1.41. The standard InChI is InChI=1S/C15H27N3O3/c1-2-18-8-3-5-12(10-18)17-14(21)16-11-15(6-4-7-15)9-13(19)20/h12H,2-11H2,1H3,(H,19,20)(H2,16,17,21). The van der Waals surface area contributed by atoms with E-state index in [9.17, 15) is 9.59 Å². The van der Waals surface area contributed by atoms with Gasteiger partial charge in [0, 0.05) is 19.1 Å². The van der Waals surface area contributed by atoms with E-state index in [2.05, 4.69) is 22.5 Å². The number of carbonyl (C=O) groups is 2. The van der Waals surface area contributed by atoms with Gasteiger partial charge in [0.1, 0.15) is 0 Å². The summed E-state index contributed by atoms with van der Waals surface area (Å²) in [5.74, 6) is -0.775. The number of likely N-dealkylation sites (N-methyl/N-ethyl adjacent to an activating group) is 1. The molecule has 0 radical (unpaired) electrons. The molecule has 1 unspecified atom stereocenters. The smallest absolute Gasteiger partial charge is 0.315 e. The maximum atomic E-state index is 12.0. The normalized spacial score (nSPS) is 24.9. The lowest BCUT2D eigenvalue weighted by atomic mass is 9.66. The second-order valence-electron chi connectivity index (χ2n) is 6.48. The zero-order chi connectivity index (χ0) is 15.3. The fraction of sp³-hybridized carbons (Fsp3) is 0.867. The second kappa shape index (κ2) is 7.11. The average Bonchev–Trinajstić information content (AvgIpc) is 2.41. The molecular weight excluding hydrogens is 270 g/mol. The molecule has 120 valence electrons. The molecule has 2 amide bonds. The summed E-state index contributed by atoms with van der Waals surface area (Å²) in [6.45, 7) is 5.63. The van der Waals surface area contributed by atoms with Gasteiger partial charge in [-0.1, -0.05) is 13.3 Å². The number of amides is 2. The summed E-state index contributed by atoms with van der Waals surface area (Å²) < 4.78 is 0. The molecule has 2 aliphatic rings. The molecule has 1 aliphatic carbocycles. The molecule has 1 heterocycles. The molecule has 21 heavy (non-hydrogen) atoms. The lowest BCUT2D eigenvalue weighted by Gasteiger charge is -2.41. The van der Waals surface area contributed by atoms with Crippen LogP contribution in [0.25, 0.3) is 0 Å². The highest BCUT2D eigenvalue weighted by atomic mass is 16.4. The van der Waals surface area contributed by atoms with Crippen LogP contribution in [0.15, 0.2) is 0 Å². The quantitative estimate of drug-likeness (QED) is 0.692. The molecule has 1 saturated carbocycles. The topological polar surface area (TPSA) is 81.7 Å². The highest BCUT2D eigenvalue weighted by molar-refractivity contribution is 5.74. The maximum Gasteiger partial charge on any atom is 0.315 e. The van der Waals surface area contributed by atoms with E-state index in [1.165, 1.54) is 0 Å². The number of urea groups is 1. The van der Waals surface area contributed by atoms with E-state index in [0.717, 1.165) is 51.7 Å². The lowest BCUT2D eigenvalue weighted by molar-refractivity contribution is -0.141. The van der Waals surface area contributed by atoms with Crippen molar-refractivity contribution in [1.29, 1.82) is 0 Å². The Bertz CT molecular complexity index is 382. The van der Waals surface area contributed by atoms with E-state index in [-0.39, 0.29) is 23.9 Å². The molecule has 1 atom stereocenters. The molecular formula is C15H27N3O3. The van der Waals surface area contributed by atoms with Crippen molar-refractivity contribution in [2.75, 3.05) is 26.2 Å². The lowest BCUT2D eigenvalue weighted by Crippen LogP contribution is -2.52. The van der Waals surface area contributed by atoms with Gasteiger partial charge >= 0.3 is 12.0 Å². The van der Waals surface area contributed by atoms with Gasteiger partial charge < -0.3 is 20.6 Å². The number of carbonyl (C=O) groups excluding carboxylic acids is 1. The second-order valence-corrected chi connectivity index (χ2v) is 6.48. The molecule has 0 aromatic carbocycles. The van der Waals surface area contributed by atoms with Gasteiger partial charge in [-0.15, -0.1) is 0 Å². The monoisotopic (exact) mass is 297 g/mol. The molecule has 2 fully saturated rings. The van der Waals surface area contributed by atoms with E-state index in [0.29, 0.717) is 6.54 Å². The van der Waals surface area contributed by atoms with Gasteiger partial charge in [0.25, 0.3) is 0 Å². The number of carboxylic acids is 1. The third-order valence-electron chi connectivity index (χ3n) is 4.85. The molecule has 2 rings (SSSR count). The third-order valence-corrected chi connectivity index (χ3v) is 4.85. The summed E-state index contributed by atoms with van der Waals surface area (Å²) in [5, 5.41) is 14.9. The Morgan fingerprint density at radius 3 is 2.67 bits per heavy atom. The van der Waals surface area contributed by atoms with Gasteiger partial charge in [-0.2, -0.15) is 0 Å². The van der Waals surface area contributed by atoms with Crippen molar-refractivity contribution in [2.45, 2.75) is 51.5 Å². The van der Waals surface area contributed by atoms with Crippen molar-refractivity contribution in [1.82, 2.24) is 15.5 Å². The van der Waals surface area contributed by atoms with Crippen LogP contribution in [0.1, 0.15) is 45.4 Å². The Hall–Kier alpha value is -1.30. The first-order chi connectivity index (χ1) is 10.0. The number of nitrogens with zero attached hydrogens (tertiary/aromatic N) is 1. The fourth-order valence-electron chi connectivity index (χ4n) is 3.38. The van der Waals surface area contributed by atoms with Crippen LogP contribution in [0, 0.1) is 5.41 Å². The van der Waals surface area contributed by atoms with Crippen LogP contribution in [-0.4, -0.2) is 54.2 Å². The largest absolute Gasteiger partial charge is 0.481 e. The van der Waals surface area contributed by atoms with Crippen LogP contribution in [0.4, 0.5) is 4.79 Å². The summed E-state index contributed by atoms with van der Waals surface area (Å²) in [6.07, 6.45) is 5.14. The summed E-state index contributed by atoms with van der Waals surface area (Å²) in [6, 6.07) is 0.0464. The molecule has 3 N–H and O–H groups in total. The van der Waals surface area contributed by atoms with E-state index in [1.54, 1.807) is 0 Å². The summed E-state index contributed by atoms with van der Waals surface area (Å²) in [4.78, 5) is 25.2. The van der Waals surface area contributed by atoms with Crippen LogP contribution in [0.3, 0.4) is 0 Å².